The van der Waals surface area contributed by atoms with Crippen molar-refractivity contribution in [2.24, 2.45) is 17.6 Å². The number of nitrogens with two attached hydrogens (primary N) is 1. The molecule has 0 aromatic rings. The molecule has 3 nitrogen and oxygen atoms in total. The number of rotatable bonds is 6. The average molecular weight is 198 g/mol. The van der Waals surface area contributed by atoms with Gasteiger partial charge >= 0.3 is 0 Å². The Balaban J connectivity index is 2.06. The van der Waals surface area contributed by atoms with Crippen LogP contribution in [0.2, 0.25) is 0 Å². The molecular weight excluding hydrogens is 176 g/mol. The normalized spacial score (nSPS) is 18.3. The third-order valence-corrected chi connectivity index (χ3v) is 2.61. The zero-order valence-corrected chi connectivity index (χ0v) is 9.25. The van der Waals surface area contributed by atoms with Crippen LogP contribution in [0.1, 0.15) is 39.5 Å². The van der Waals surface area contributed by atoms with Crippen LogP contribution in [0.4, 0.5) is 0 Å². The summed E-state index contributed by atoms with van der Waals surface area (Å²) in [7, 11) is 0. The van der Waals surface area contributed by atoms with Gasteiger partial charge in [0.15, 0.2) is 0 Å². The predicted molar refractivity (Wildman–Crippen MR) is 57.8 cm³/mol. The summed E-state index contributed by atoms with van der Waals surface area (Å²) >= 11 is 0. The van der Waals surface area contributed by atoms with Gasteiger partial charge in [-0.25, -0.2) is 0 Å². The van der Waals surface area contributed by atoms with Crippen LogP contribution in [0.3, 0.4) is 0 Å². The minimum Gasteiger partial charge on any atom is -0.355 e. The first-order chi connectivity index (χ1) is 6.59. The molecule has 3 N–H and O–H groups in total. The van der Waals surface area contributed by atoms with Gasteiger partial charge in [-0.3, -0.25) is 4.79 Å². The molecule has 0 heterocycles. The molecule has 0 radical (unpaired) electrons. The van der Waals surface area contributed by atoms with Crippen LogP contribution >= 0.6 is 0 Å². The molecule has 0 spiro atoms. The molecule has 82 valence electrons. The molecule has 0 aliphatic heterocycles. The molecule has 1 aliphatic carbocycles. The zero-order chi connectivity index (χ0) is 10.6. The molecule has 1 rings (SSSR count). The highest BCUT2D eigenvalue weighted by Crippen LogP contribution is 2.31. The van der Waals surface area contributed by atoms with E-state index in [-0.39, 0.29) is 11.9 Å². The quantitative estimate of drug-likeness (QED) is 0.675. The average Bonchev–Trinajstić information content (AvgIpc) is 2.86. The second-order valence-electron chi connectivity index (χ2n) is 4.76. The van der Waals surface area contributed by atoms with Crippen LogP contribution in [0.5, 0.6) is 0 Å². The highest BCUT2D eigenvalue weighted by Gasteiger charge is 2.21. The number of nitrogens with one attached hydrogen (secondary N) is 1. The van der Waals surface area contributed by atoms with E-state index in [2.05, 4.69) is 19.2 Å². The van der Waals surface area contributed by atoms with Crippen molar-refractivity contribution >= 4 is 5.91 Å². The summed E-state index contributed by atoms with van der Waals surface area (Å²) in [6.45, 7) is 4.96. The summed E-state index contributed by atoms with van der Waals surface area (Å²) < 4.78 is 0. The van der Waals surface area contributed by atoms with Gasteiger partial charge in [-0.2, -0.15) is 0 Å². The Morgan fingerprint density at radius 1 is 1.50 bits per heavy atom. The Kier molecular flexibility index (Phi) is 4.39. The molecule has 0 aromatic carbocycles. The molecule has 1 atom stereocenters. The van der Waals surface area contributed by atoms with Gasteiger partial charge in [-0.05, 0) is 24.7 Å². The minimum absolute atomic E-state index is 0.0133. The van der Waals surface area contributed by atoms with Crippen molar-refractivity contribution in [3.63, 3.8) is 0 Å². The van der Waals surface area contributed by atoms with E-state index < -0.39 is 0 Å². The van der Waals surface area contributed by atoms with E-state index >= 15 is 0 Å². The van der Waals surface area contributed by atoms with Crippen LogP contribution in [-0.2, 0) is 4.79 Å². The Bertz CT molecular complexity index is 188. The third-order valence-electron chi connectivity index (χ3n) is 2.61. The Labute approximate surface area is 86.4 Å². The lowest BCUT2D eigenvalue weighted by Crippen LogP contribution is -2.41. The van der Waals surface area contributed by atoms with Crippen LogP contribution in [0.15, 0.2) is 0 Å². The van der Waals surface area contributed by atoms with E-state index in [1.807, 2.05) is 0 Å². The van der Waals surface area contributed by atoms with Gasteiger partial charge in [0.1, 0.15) is 0 Å². The monoisotopic (exact) mass is 198 g/mol. The van der Waals surface area contributed by atoms with Crippen LogP contribution in [0, 0.1) is 11.8 Å². The SMILES string of the molecule is CC(C)C[C@@H](N)C(=O)NCCC1CC1. The summed E-state index contributed by atoms with van der Waals surface area (Å²) in [6, 6.07) is -0.325. The first kappa shape index (κ1) is 11.5. The maximum atomic E-state index is 11.4. The van der Waals surface area contributed by atoms with Gasteiger partial charge < -0.3 is 11.1 Å². The van der Waals surface area contributed by atoms with Gasteiger partial charge in [0.25, 0.3) is 0 Å². The fraction of sp³-hybridized carbons (Fsp3) is 0.909. The molecule has 1 amide bonds. The van der Waals surface area contributed by atoms with Crippen molar-refractivity contribution in [3.8, 4) is 0 Å². The number of carbonyl (C=O) groups excluding carboxylic acids is 1. The molecule has 0 aromatic heterocycles. The van der Waals surface area contributed by atoms with E-state index in [9.17, 15) is 4.79 Å². The second-order valence-corrected chi connectivity index (χ2v) is 4.76. The minimum atomic E-state index is -0.325. The molecule has 0 saturated heterocycles. The first-order valence-corrected chi connectivity index (χ1v) is 5.63. The number of amides is 1. The van der Waals surface area contributed by atoms with Gasteiger partial charge in [-0.1, -0.05) is 26.7 Å². The smallest absolute Gasteiger partial charge is 0.236 e. The predicted octanol–water partition coefficient (Wildman–Crippen LogP) is 1.28. The maximum absolute atomic E-state index is 11.4. The lowest BCUT2D eigenvalue weighted by atomic mass is 10.0. The van der Waals surface area contributed by atoms with Gasteiger partial charge in [-0.15, -0.1) is 0 Å². The Morgan fingerprint density at radius 3 is 2.64 bits per heavy atom. The lowest BCUT2D eigenvalue weighted by molar-refractivity contribution is -0.122. The third kappa shape index (κ3) is 4.61. The highest BCUT2D eigenvalue weighted by molar-refractivity contribution is 5.81. The number of hydrogen-bond acceptors (Lipinski definition) is 2. The molecule has 0 unspecified atom stereocenters. The fourth-order valence-corrected chi connectivity index (χ4v) is 1.55. The highest BCUT2D eigenvalue weighted by atomic mass is 16.2. The van der Waals surface area contributed by atoms with Gasteiger partial charge in [0.05, 0.1) is 6.04 Å². The molecule has 1 aliphatic rings. The molecule has 1 fully saturated rings. The summed E-state index contributed by atoms with van der Waals surface area (Å²) in [6.07, 6.45) is 4.58. The largest absolute Gasteiger partial charge is 0.355 e. The van der Waals surface area contributed by atoms with Crippen molar-refractivity contribution in [1.29, 1.82) is 0 Å². The van der Waals surface area contributed by atoms with Gasteiger partial charge in [0, 0.05) is 6.54 Å². The molecule has 3 heteroatoms. The molecule has 0 bridgehead atoms. The summed E-state index contributed by atoms with van der Waals surface area (Å²) in [5.74, 6) is 1.37. The molecular formula is C11H22N2O. The van der Waals surface area contributed by atoms with Gasteiger partial charge in [0.2, 0.25) is 5.91 Å². The van der Waals surface area contributed by atoms with E-state index in [0.29, 0.717) is 5.92 Å². The maximum Gasteiger partial charge on any atom is 0.236 e. The van der Waals surface area contributed by atoms with Crippen molar-refractivity contribution < 1.29 is 4.79 Å². The van der Waals surface area contributed by atoms with E-state index in [0.717, 1.165) is 25.3 Å². The van der Waals surface area contributed by atoms with Crippen LogP contribution < -0.4 is 11.1 Å². The van der Waals surface area contributed by atoms with E-state index in [1.54, 1.807) is 0 Å². The van der Waals surface area contributed by atoms with E-state index in [4.69, 9.17) is 5.73 Å². The lowest BCUT2D eigenvalue weighted by Gasteiger charge is -2.13. The summed E-state index contributed by atoms with van der Waals surface area (Å²) in [4.78, 5) is 11.4. The van der Waals surface area contributed by atoms with Crippen molar-refractivity contribution in [1.82, 2.24) is 5.32 Å². The van der Waals surface area contributed by atoms with Crippen molar-refractivity contribution in [3.05, 3.63) is 0 Å². The standard InChI is InChI=1S/C11H22N2O/c1-8(2)7-10(12)11(14)13-6-5-9-3-4-9/h8-10H,3-7,12H2,1-2H3,(H,13,14)/t10-/m1/s1. The van der Waals surface area contributed by atoms with Crippen molar-refractivity contribution in [2.45, 2.75) is 45.6 Å². The number of carbonyl (C=O) groups is 1. The molecule has 1 saturated carbocycles. The summed E-state index contributed by atoms with van der Waals surface area (Å²) in [5.41, 5.74) is 5.74. The fourth-order valence-electron chi connectivity index (χ4n) is 1.55. The first-order valence-electron chi connectivity index (χ1n) is 5.63. The Hall–Kier alpha value is -0.570. The second kappa shape index (κ2) is 5.35. The van der Waals surface area contributed by atoms with Crippen molar-refractivity contribution in [2.75, 3.05) is 6.54 Å². The topological polar surface area (TPSA) is 55.1 Å². The van der Waals surface area contributed by atoms with Crippen LogP contribution in [-0.4, -0.2) is 18.5 Å². The molecule has 14 heavy (non-hydrogen) atoms. The zero-order valence-electron chi connectivity index (χ0n) is 9.25. The van der Waals surface area contributed by atoms with Crippen LogP contribution in [0.25, 0.3) is 0 Å². The van der Waals surface area contributed by atoms with E-state index in [1.165, 1.54) is 12.8 Å². The number of hydrogen-bond donors (Lipinski definition) is 2. The summed E-state index contributed by atoms with van der Waals surface area (Å²) in [5, 5.41) is 2.90. The Morgan fingerprint density at radius 2 is 2.14 bits per heavy atom.